The molecule has 3 heterocycles. The Morgan fingerprint density at radius 1 is 1.17 bits per heavy atom. The van der Waals surface area contributed by atoms with Crippen molar-refractivity contribution in [3.05, 3.63) is 29.1 Å². The van der Waals surface area contributed by atoms with Crippen LogP contribution in [0.25, 0.3) is 10.1 Å². The van der Waals surface area contributed by atoms with Gasteiger partial charge in [0.15, 0.2) is 0 Å². The Morgan fingerprint density at radius 2 is 1.93 bits per heavy atom. The largest absolute Gasteiger partial charge is 0.428 e. The number of fused-ring (bicyclic) bond motifs is 3. The van der Waals surface area contributed by atoms with Crippen molar-refractivity contribution in [1.82, 2.24) is 4.90 Å². The Labute approximate surface area is 184 Å². The molecule has 4 unspecified atom stereocenters. The average Bonchev–Trinajstić information content (AvgIpc) is 3.17. The predicted molar refractivity (Wildman–Crippen MR) is 127 cm³/mol. The van der Waals surface area contributed by atoms with E-state index in [1.54, 1.807) is 11.3 Å². The van der Waals surface area contributed by atoms with Gasteiger partial charge >= 0.3 is 0 Å². The first-order valence-corrected chi connectivity index (χ1v) is 15.4. The summed E-state index contributed by atoms with van der Waals surface area (Å²) in [6.07, 6.45) is 8.83. The number of nitrogens with two attached hydrogens (primary N) is 1. The van der Waals surface area contributed by atoms with E-state index >= 15 is 0 Å². The molecule has 6 rings (SSSR count). The standard InChI is InChI=1S/C24H34N2O2SSi/c1-30(2,28)23-8-4-7-21-20(23)13-22(29-21)24(27)26-18-10-17(11-19(26)12-18)16-6-3-5-15(9-16)14-25/h4,7-8,13,15-19,28H,3,5-6,9-12,14,25H2,1-2H3. The molecule has 6 heteroatoms. The van der Waals surface area contributed by atoms with Gasteiger partial charge in [0.2, 0.25) is 8.32 Å². The summed E-state index contributed by atoms with van der Waals surface area (Å²) < 4.78 is 1.11. The van der Waals surface area contributed by atoms with Crippen LogP contribution in [0.1, 0.15) is 54.6 Å². The summed E-state index contributed by atoms with van der Waals surface area (Å²) in [6, 6.07) is 9.00. The van der Waals surface area contributed by atoms with E-state index in [-0.39, 0.29) is 5.91 Å². The molecule has 1 aromatic heterocycles. The van der Waals surface area contributed by atoms with E-state index < -0.39 is 8.32 Å². The molecule has 4 atom stereocenters. The van der Waals surface area contributed by atoms with E-state index in [0.29, 0.717) is 18.0 Å². The fraction of sp³-hybridized carbons (Fsp3) is 0.625. The lowest BCUT2D eigenvalue weighted by molar-refractivity contribution is -0.0476. The summed E-state index contributed by atoms with van der Waals surface area (Å²) in [4.78, 5) is 27.1. The zero-order chi connectivity index (χ0) is 21.0. The van der Waals surface area contributed by atoms with Gasteiger partial charge in [-0.2, -0.15) is 0 Å². The number of nitrogens with zero attached hydrogens (tertiary/aromatic N) is 1. The zero-order valence-corrected chi connectivity index (χ0v) is 20.0. The average molecular weight is 443 g/mol. The van der Waals surface area contributed by atoms with Crippen molar-refractivity contribution >= 4 is 40.8 Å². The van der Waals surface area contributed by atoms with Crippen molar-refractivity contribution in [2.75, 3.05) is 6.54 Å². The number of rotatable bonds is 4. The van der Waals surface area contributed by atoms with E-state index in [2.05, 4.69) is 11.0 Å². The second-order valence-electron chi connectivity index (χ2n) is 10.4. The van der Waals surface area contributed by atoms with Crippen molar-refractivity contribution in [3.63, 3.8) is 0 Å². The van der Waals surface area contributed by atoms with E-state index in [9.17, 15) is 9.59 Å². The third kappa shape index (κ3) is 3.55. The molecule has 2 saturated carbocycles. The van der Waals surface area contributed by atoms with Crippen molar-refractivity contribution in [3.8, 4) is 0 Å². The van der Waals surface area contributed by atoms with Gasteiger partial charge in [0.25, 0.3) is 5.91 Å². The molecule has 2 aromatic rings. The SMILES string of the molecule is C[Si](C)(O)c1cccc2sc(C(=O)N3C4CC(C5CCCC(CN)C5)CC3C4)cc12. The fourth-order valence-corrected chi connectivity index (χ4v) is 8.93. The van der Waals surface area contributed by atoms with Gasteiger partial charge in [-0.3, -0.25) is 4.79 Å². The lowest BCUT2D eigenvalue weighted by atomic mass is 9.64. The number of hydrogen-bond acceptors (Lipinski definition) is 4. The molecule has 2 aliphatic heterocycles. The summed E-state index contributed by atoms with van der Waals surface area (Å²) in [5.74, 6) is 2.52. The minimum absolute atomic E-state index is 0.211. The van der Waals surface area contributed by atoms with E-state index in [0.717, 1.165) is 38.5 Å². The van der Waals surface area contributed by atoms with Crippen LogP contribution in [-0.2, 0) is 0 Å². The van der Waals surface area contributed by atoms with Crippen LogP contribution in [0.4, 0.5) is 0 Å². The first-order chi connectivity index (χ1) is 14.3. The van der Waals surface area contributed by atoms with Crippen LogP contribution in [0.5, 0.6) is 0 Å². The Kier molecular flexibility index (Phi) is 5.33. The van der Waals surface area contributed by atoms with Gasteiger partial charge in [0.1, 0.15) is 0 Å². The molecular weight excluding hydrogens is 408 g/mol. The van der Waals surface area contributed by atoms with Crippen LogP contribution in [0.2, 0.25) is 13.1 Å². The van der Waals surface area contributed by atoms with Gasteiger partial charge in [0, 0.05) is 16.8 Å². The van der Waals surface area contributed by atoms with Crippen LogP contribution in [-0.4, -0.2) is 42.5 Å². The molecule has 1 aromatic carbocycles. The maximum absolute atomic E-state index is 13.4. The minimum Gasteiger partial charge on any atom is -0.428 e. The molecule has 4 nitrogen and oxygen atoms in total. The Morgan fingerprint density at radius 3 is 2.63 bits per heavy atom. The smallest absolute Gasteiger partial charge is 0.264 e. The van der Waals surface area contributed by atoms with Gasteiger partial charge < -0.3 is 15.4 Å². The van der Waals surface area contributed by atoms with Crippen LogP contribution < -0.4 is 10.9 Å². The molecule has 0 radical (unpaired) electrons. The predicted octanol–water partition coefficient (Wildman–Crippen LogP) is 4.06. The van der Waals surface area contributed by atoms with Crippen molar-refractivity contribution in [2.24, 2.45) is 23.5 Å². The Hall–Kier alpha value is -1.21. The summed E-state index contributed by atoms with van der Waals surface area (Å²) in [5.41, 5.74) is 5.96. The van der Waals surface area contributed by atoms with Gasteiger partial charge in [-0.15, -0.1) is 11.3 Å². The Balaban J connectivity index is 1.32. The number of benzene rings is 1. The van der Waals surface area contributed by atoms with Crippen molar-refractivity contribution in [1.29, 1.82) is 0 Å². The van der Waals surface area contributed by atoms with Crippen LogP contribution in [0.15, 0.2) is 24.3 Å². The van der Waals surface area contributed by atoms with Gasteiger partial charge in [-0.05, 0) is 92.2 Å². The summed E-state index contributed by atoms with van der Waals surface area (Å²) in [7, 11) is -2.43. The monoisotopic (exact) mass is 442 g/mol. The summed E-state index contributed by atoms with van der Waals surface area (Å²) in [5, 5.41) is 2.11. The first-order valence-electron chi connectivity index (χ1n) is 11.6. The molecule has 4 aliphatic rings. The Bertz CT molecular complexity index is 940. The number of thiophene rings is 1. The summed E-state index contributed by atoms with van der Waals surface area (Å²) in [6.45, 7) is 4.73. The second kappa shape index (κ2) is 7.73. The normalized spacial score (nSPS) is 31.6. The molecule has 30 heavy (non-hydrogen) atoms. The quantitative estimate of drug-likeness (QED) is 0.702. The van der Waals surface area contributed by atoms with Crippen LogP contribution >= 0.6 is 11.3 Å². The highest BCUT2D eigenvalue weighted by atomic mass is 32.1. The highest BCUT2D eigenvalue weighted by Crippen LogP contribution is 2.48. The second-order valence-corrected chi connectivity index (χ2v) is 15.1. The van der Waals surface area contributed by atoms with Gasteiger partial charge in [0.05, 0.1) is 4.88 Å². The maximum atomic E-state index is 13.4. The van der Waals surface area contributed by atoms with Crippen LogP contribution in [0, 0.1) is 17.8 Å². The highest BCUT2D eigenvalue weighted by molar-refractivity contribution is 7.21. The van der Waals surface area contributed by atoms with Crippen LogP contribution in [0.3, 0.4) is 0 Å². The molecule has 4 fully saturated rings. The van der Waals surface area contributed by atoms with Gasteiger partial charge in [-0.1, -0.05) is 25.0 Å². The molecule has 0 spiro atoms. The fourth-order valence-electron chi connectivity index (χ4n) is 6.43. The van der Waals surface area contributed by atoms with Gasteiger partial charge in [-0.25, -0.2) is 0 Å². The number of piperidine rings is 1. The zero-order valence-electron chi connectivity index (χ0n) is 18.1. The number of hydrogen-bond donors (Lipinski definition) is 2. The third-order valence-corrected chi connectivity index (χ3v) is 10.8. The lowest BCUT2D eigenvalue weighted by Gasteiger charge is -2.57. The van der Waals surface area contributed by atoms with E-state index in [4.69, 9.17) is 5.73 Å². The molecule has 2 bridgehead atoms. The molecule has 1 amide bonds. The molecule has 2 aliphatic carbocycles. The van der Waals surface area contributed by atoms with Crippen molar-refractivity contribution in [2.45, 2.75) is 70.1 Å². The number of amides is 1. The lowest BCUT2D eigenvalue weighted by Crippen LogP contribution is -2.63. The molecule has 3 N–H and O–H groups in total. The minimum atomic E-state index is -2.43. The highest BCUT2D eigenvalue weighted by Gasteiger charge is 2.49. The van der Waals surface area contributed by atoms with Crippen molar-refractivity contribution < 1.29 is 9.59 Å². The number of carbonyl (C=O) groups excluding carboxylic acids is 1. The van der Waals surface area contributed by atoms with E-state index in [1.165, 1.54) is 44.9 Å². The topological polar surface area (TPSA) is 66.6 Å². The van der Waals surface area contributed by atoms with E-state index in [1.807, 2.05) is 31.3 Å². The summed E-state index contributed by atoms with van der Waals surface area (Å²) >= 11 is 1.59. The first kappa shape index (κ1) is 20.7. The third-order valence-electron chi connectivity index (χ3n) is 7.97. The molecule has 2 saturated heterocycles. The number of carbonyl (C=O) groups is 1. The maximum Gasteiger partial charge on any atom is 0.264 e. The molecular formula is C24H34N2O2SSi. The molecule has 162 valence electrons.